The van der Waals surface area contributed by atoms with E-state index in [9.17, 15) is 8.42 Å². The maximum absolute atomic E-state index is 12.5. The Kier molecular flexibility index (Phi) is 5.14. The first-order valence-electron chi connectivity index (χ1n) is 6.75. The molecule has 0 unspecified atom stereocenters. The molecule has 0 aromatic heterocycles. The predicted molar refractivity (Wildman–Crippen MR) is 86.3 cm³/mol. The molecule has 0 saturated heterocycles. The summed E-state index contributed by atoms with van der Waals surface area (Å²) in [6.45, 7) is 3.70. The van der Waals surface area contributed by atoms with Gasteiger partial charge in [-0.3, -0.25) is 0 Å². The van der Waals surface area contributed by atoms with Gasteiger partial charge in [0.1, 0.15) is 4.90 Å². The second-order valence-corrected chi connectivity index (χ2v) is 6.60. The average molecular weight is 352 g/mol. The summed E-state index contributed by atoms with van der Waals surface area (Å²) in [5.74, 6) is 0.208. The van der Waals surface area contributed by atoms with Crippen LogP contribution in [0.2, 0.25) is 5.02 Å². The molecule has 0 atom stereocenters. The Bertz CT molecular complexity index is 872. The quantitative estimate of drug-likeness (QED) is 0.768. The van der Waals surface area contributed by atoms with E-state index in [0.29, 0.717) is 22.8 Å². The molecule has 0 N–H and O–H groups in total. The van der Waals surface area contributed by atoms with Crippen LogP contribution < -0.4 is 8.92 Å². The molecule has 7 heteroatoms. The number of rotatable bonds is 5. The number of ether oxygens (including phenoxy) is 1. The Morgan fingerprint density at radius 1 is 1.17 bits per heavy atom. The lowest BCUT2D eigenvalue weighted by atomic mass is 10.2. The molecule has 2 aromatic carbocycles. The van der Waals surface area contributed by atoms with Crippen LogP contribution in [0.1, 0.15) is 18.1 Å². The zero-order chi connectivity index (χ0) is 17.0. The Morgan fingerprint density at radius 3 is 2.57 bits per heavy atom. The van der Waals surface area contributed by atoms with Gasteiger partial charge in [0.2, 0.25) is 0 Å². The fraction of sp³-hybridized carbons (Fsp3) is 0.188. The van der Waals surface area contributed by atoms with Crippen LogP contribution in [-0.2, 0) is 10.1 Å². The summed E-state index contributed by atoms with van der Waals surface area (Å²) in [5.41, 5.74) is 0.859. The third-order valence-electron chi connectivity index (χ3n) is 2.99. The zero-order valence-corrected chi connectivity index (χ0v) is 14.1. The lowest BCUT2D eigenvalue weighted by Gasteiger charge is -2.13. The van der Waals surface area contributed by atoms with Crippen LogP contribution in [0.4, 0.5) is 0 Å². The van der Waals surface area contributed by atoms with Crippen molar-refractivity contribution in [1.29, 1.82) is 5.26 Å². The van der Waals surface area contributed by atoms with Gasteiger partial charge in [0.05, 0.1) is 18.2 Å². The van der Waals surface area contributed by atoms with Crippen LogP contribution in [-0.4, -0.2) is 15.0 Å². The average Bonchev–Trinajstić information content (AvgIpc) is 2.51. The second kappa shape index (κ2) is 6.90. The summed E-state index contributed by atoms with van der Waals surface area (Å²) in [7, 11) is -4.07. The lowest BCUT2D eigenvalue weighted by Crippen LogP contribution is -2.12. The van der Waals surface area contributed by atoms with E-state index in [0.717, 1.165) is 0 Å². The molecule has 5 nitrogen and oxygen atoms in total. The SMILES string of the molecule is CCOc1cc(C#N)ccc1OS(=O)(=O)c1cc(Cl)ccc1C. The summed E-state index contributed by atoms with van der Waals surface area (Å²) in [5, 5.41) is 9.21. The van der Waals surface area contributed by atoms with Gasteiger partial charge in [0, 0.05) is 11.1 Å². The Balaban J connectivity index is 2.45. The Hall–Kier alpha value is -2.23. The van der Waals surface area contributed by atoms with Gasteiger partial charge < -0.3 is 8.92 Å². The summed E-state index contributed by atoms with van der Waals surface area (Å²) in [6.07, 6.45) is 0. The van der Waals surface area contributed by atoms with Crippen molar-refractivity contribution < 1.29 is 17.3 Å². The highest BCUT2D eigenvalue weighted by atomic mass is 35.5. The van der Waals surface area contributed by atoms with Gasteiger partial charge in [0.15, 0.2) is 11.5 Å². The van der Waals surface area contributed by atoms with Crippen LogP contribution in [0.25, 0.3) is 0 Å². The standard InChI is InChI=1S/C16H14ClNO4S/c1-3-21-15-8-12(10-18)5-7-14(15)22-23(19,20)16-9-13(17)6-4-11(16)2/h4-9H,3H2,1-2H3. The van der Waals surface area contributed by atoms with Gasteiger partial charge in [-0.1, -0.05) is 17.7 Å². The number of hydrogen-bond donors (Lipinski definition) is 0. The number of nitriles is 1. The highest BCUT2D eigenvalue weighted by molar-refractivity contribution is 7.87. The fourth-order valence-electron chi connectivity index (χ4n) is 1.92. The van der Waals surface area contributed by atoms with Crippen molar-refractivity contribution in [2.45, 2.75) is 18.7 Å². The van der Waals surface area contributed by atoms with Crippen LogP contribution >= 0.6 is 11.6 Å². The molecule has 0 aliphatic rings. The van der Waals surface area contributed by atoms with Gasteiger partial charge in [0.25, 0.3) is 0 Å². The minimum Gasteiger partial charge on any atom is -0.490 e. The third-order valence-corrected chi connectivity index (χ3v) is 4.60. The molecule has 2 rings (SSSR count). The Labute approximate surface area is 140 Å². The number of halogens is 1. The van der Waals surface area contributed by atoms with Crippen molar-refractivity contribution in [2.24, 2.45) is 0 Å². The van der Waals surface area contributed by atoms with Crippen molar-refractivity contribution in [3.63, 3.8) is 0 Å². The molecule has 0 saturated carbocycles. The van der Waals surface area contributed by atoms with Crippen molar-refractivity contribution in [3.05, 3.63) is 52.5 Å². The van der Waals surface area contributed by atoms with E-state index < -0.39 is 10.1 Å². The van der Waals surface area contributed by atoms with Crippen LogP contribution in [0.5, 0.6) is 11.5 Å². The monoisotopic (exact) mass is 351 g/mol. The van der Waals surface area contributed by atoms with Crippen LogP contribution in [0.15, 0.2) is 41.3 Å². The Morgan fingerprint density at radius 2 is 1.91 bits per heavy atom. The molecular formula is C16H14ClNO4S. The number of aryl methyl sites for hydroxylation is 1. The third kappa shape index (κ3) is 3.95. The minimum absolute atomic E-state index is 0.0168. The van der Waals surface area contributed by atoms with Gasteiger partial charge in [-0.15, -0.1) is 0 Å². The normalized spacial score (nSPS) is 10.9. The van der Waals surface area contributed by atoms with Gasteiger partial charge in [-0.2, -0.15) is 13.7 Å². The van der Waals surface area contributed by atoms with E-state index in [1.165, 1.54) is 24.3 Å². The number of benzene rings is 2. The summed E-state index contributed by atoms with van der Waals surface area (Å²) < 4.78 is 35.5. The second-order valence-electron chi connectivity index (χ2n) is 4.65. The summed E-state index contributed by atoms with van der Waals surface area (Å²) in [6, 6.07) is 10.8. The van der Waals surface area contributed by atoms with E-state index in [1.54, 1.807) is 26.0 Å². The lowest BCUT2D eigenvalue weighted by molar-refractivity contribution is 0.327. The predicted octanol–water partition coefficient (Wildman–Crippen LogP) is 3.69. The molecule has 0 heterocycles. The first kappa shape index (κ1) is 17.1. The van der Waals surface area contributed by atoms with Crippen molar-refractivity contribution in [2.75, 3.05) is 6.61 Å². The smallest absolute Gasteiger partial charge is 0.339 e. The molecule has 0 radical (unpaired) electrons. The molecule has 0 fully saturated rings. The topological polar surface area (TPSA) is 76.4 Å². The number of nitrogens with zero attached hydrogens (tertiary/aromatic N) is 1. The van der Waals surface area contributed by atoms with E-state index in [2.05, 4.69) is 0 Å². The van der Waals surface area contributed by atoms with Crippen molar-refractivity contribution in [1.82, 2.24) is 0 Å². The zero-order valence-electron chi connectivity index (χ0n) is 12.5. The first-order valence-corrected chi connectivity index (χ1v) is 8.53. The first-order chi connectivity index (χ1) is 10.9. The summed E-state index contributed by atoms with van der Waals surface area (Å²) in [4.78, 5) is -0.0168. The van der Waals surface area contributed by atoms with Crippen molar-refractivity contribution in [3.8, 4) is 17.6 Å². The van der Waals surface area contributed by atoms with Crippen LogP contribution in [0, 0.1) is 18.3 Å². The van der Waals surface area contributed by atoms with E-state index in [-0.39, 0.29) is 16.4 Å². The summed E-state index contributed by atoms with van der Waals surface area (Å²) >= 11 is 5.87. The molecule has 0 bridgehead atoms. The van der Waals surface area contributed by atoms with E-state index in [4.69, 9.17) is 25.8 Å². The van der Waals surface area contributed by atoms with Crippen LogP contribution in [0.3, 0.4) is 0 Å². The maximum atomic E-state index is 12.5. The van der Waals surface area contributed by atoms with Gasteiger partial charge in [-0.25, -0.2) is 0 Å². The molecule has 2 aromatic rings. The van der Waals surface area contributed by atoms with Crippen molar-refractivity contribution >= 4 is 21.7 Å². The molecule has 0 aliphatic heterocycles. The molecule has 0 amide bonds. The molecule has 23 heavy (non-hydrogen) atoms. The number of hydrogen-bond acceptors (Lipinski definition) is 5. The minimum atomic E-state index is -4.07. The molecule has 0 aliphatic carbocycles. The van der Waals surface area contributed by atoms with E-state index >= 15 is 0 Å². The molecule has 0 spiro atoms. The highest BCUT2D eigenvalue weighted by Gasteiger charge is 2.22. The molecular weight excluding hydrogens is 338 g/mol. The van der Waals surface area contributed by atoms with Gasteiger partial charge >= 0.3 is 10.1 Å². The molecule has 120 valence electrons. The fourth-order valence-corrected chi connectivity index (χ4v) is 3.36. The van der Waals surface area contributed by atoms with Gasteiger partial charge in [-0.05, 0) is 43.7 Å². The maximum Gasteiger partial charge on any atom is 0.339 e. The largest absolute Gasteiger partial charge is 0.490 e. The van der Waals surface area contributed by atoms with E-state index in [1.807, 2.05) is 6.07 Å². The highest BCUT2D eigenvalue weighted by Crippen LogP contribution is 2.32.